The maximum Gasteiger partial charge on any atom is 0.416 e. The van der Waals surface area contributed by atoms with E-state index in [-0.39, 0.29) is 35.9 Å². The lowest BCUT2D eigenvalue weighted by Gasteiger charge is -2.34. The molecule has 0 atom stereocenters. The van der Waals surface area contributed by atoms with E-state index in [4.69, 9.17) is 5.73 Å². The van der Waals surface area contributed by atoms with E-state index in [1.165, 1.54) is 12.1 Å². The number of guanidine groups is 1. The largest absolute Gasteiger partial charge is 0.416 e. The van der Waals surface area contributed by atoms with Crippen LogP contribution < -0.4 is 5.73 Å². The monoisotopic (exact) mass is 439 g/mol. The average molecular weight is 439 g/mol. The molecule has 2 aliphatic carbocycles. The van der Waals surface area contributed by atoms with Crippen LogP contribution in [-0.2, 0) is 6.18 Å². The molecule has 2 N–H and O–H groups in total. The van der Waals surface area contributed by atoms with E-state index in [2.05, 4.69) is 4.99 Å². The Balaban J connectivity index is 0.00000192. The molecule has 1 aromatic rings. The number of alkyl halides is 3. The third kappa shape index (κ3) is 4.30. The molecule has 0 saturated heterocycles. The van der Waals surface area contributed by atoms with Crippen molar-refractivity contribution >= 4 is 29.9 Å². The molecule has 0 spiro atoms. The fourth-order valence-corrected chi connectivity index (χ4v) is 2.86. The van der Waals surface area contributed by atoms with Crippen LogP contribution in [0.2, 0.25) is 0 Å². The van der Waals surface area contributed by atoms with Crippen LogP contribution in [0.25, 0.3) is 0 Å². The van der Waals surface area contributed by atoms with Crippen molar-refractivity contribution in [2.45, 2.75) is 49.9 Å². The Morgan fingerprint density at radius 1 is 1.26 bits per heavy atom. The fraction of sp³-hybridized carbons (Fsp3) is 0.562. The summed E-state index contributed by atoms with van der Waals surface area (Å²) in [5.74, 6) is 0.699. The van der Waals surface area contributed by atoms with E-state index >= 15 is 0 Å². The maximum absolute atomic E-state index is 12.7. The molecule has 0 unspecified atom stereocenters. The lowest BCUT2D eigenvalue weighted by atomic mass is 9.76. The van der Waals surface area contributed by atoms with Crippen LogP contribution in [0.15, 0.2) is 29.3 Å². The van der Waals surface area contributed by atoms with Crippen molar-refractivity contribution in [1.82, 2.24) is 4.90 Å². The molecule has 128 valence electrons. The van der Waals surface area contributed by atoms with Gasteiger partial charge in [0, 0.05) is 13.1 Å². The minimum absolute atomic E-state index is 0. The van der Waals surface area contributed by atoms with Crippen LogP contribution in [0.5, 0.6) is 0 Å². The minimum Gasteiger partial charge on any atom is -0.370 e. The molecular weight excluding hydrogens is 418 g/mol. The van der Waals surface area contributed by atoms with Gasteiger partial charge in [0.1, 0.15) is 0 Å². The van der Waals surface area contributed by atoms with Crippen molar-refractivity contribution < 1.29 is 13.2 Å². The zero-order valence-electron chi connectivity index (χ0n) is 12.9. The summed E-state index contributed by atoms with van der Waals surface area (Å²) < 4.78 is 38.2. The second-order valence-electron chi connectivity index (χ2n) is 6.27. The van der Waals surface area contributed by atoms with Crippen LogP contribution in [0, 0.1) is 0 Å². The first kappa shape index (κ1) is 18.4. The Hall–Kier alpha value is -0.990. The molecule has 0 aliphatic heterocycles. The Morgan fingerprint density at radius 2 is 1.91 bits per heavy atom. The Bertz CT molecular complexity index is 578. The summed E-state index contributed by atoms with van der Waals surface area (Å²) >= 11 is 0. The summed E-state index contributed by atoms with van der Waals surface area (Å²) in [6, 6.07) is 6.25. The Kier molecular flexibility index (Phi) is 5.48. The topological polar surface area (TPSA) is 41.6 Å². The summed E-state index contributed by atoms with van der Waals surface area (Å²) in [5, 5.41) is 0. The summed E-state index contributed by atoms with van der Waals surface area (Å²) in [4.78, 5) is 6.49. The smallest absolute Gasteiger partial charge is 0.370 e. The number of hydrogen-bond acceptors (Lipinski definition) is 1. The van der Waals surface area contributed by atoms with Crippen LogP contribution in [0.4, 0.5) is 13.2 Å². The first-order valence-corrected chi connectivity index (χ1v) is 7.58. The lowest BCUT2D eigenvalue weighted by molar-refractivity contribution is -0.137. The SMILES string of the molecule is CN(C(N)=NC1CC(c2cccc(C(F)(F)F)c2)C1)C1CC1.I. The van der Waals surface area contributed by atoms with Crippen molar-refractivity contribution in [3.63, 3.8) is 0 Å². The molecule has 23 heavy (non-hydrogen) atoms. The molecular formula is C16H21F3IN3. The van der Waals surface area contributed by atoms with Crippen molar-refractivity contribution in [2.75, 3.05) is 7.05 Å². The van der Waals surface area contributed by atoms with Gasteiger partial charge in [0.05, 0.1) is 11.6 Å². The van der Waals surface area contributed by atoms with Gasteiger partial charge in [-0.2, -0.15) is 13.2 Å². The number of hydrogen-bond donors (Lipinski definition) is 1. The second-order valence-corrected chi connectivity index (χ2v) is 6.27. The van der Waals surface area contributed by atoms with Gasteiger partial charge < -0.3 is 10.6 Å². The number of benzene rings is 1. The quantitative estimate of drug-likeness (QED) is 0.440. The third-order valence-electron chi connectivity index (χ3n) is 4.57. The van der Waals surface area contributed by atoms with E-state index in [9.17, 15) is 13.2 Å². The first-order chi connectivity index (χ1) is 10.3. The van der Waals surface area contributed by atoms with Crippen LogP contribution in [-0.4, -0.2) is 30.0 Å². The van der Waals surface area contributed by atoms with Crippen molar-refractivity contribution in [2.24, 2.45) is 10.7 Å². The molecule has 0 amide bonds. The van der Waals surface area contributed by atoms with Gasteiger partial charge in [-0.3, -0.25) is 0 Å². The Morgan fingerprint density at radius 3 is 2.48 bits per heavy atom. The number of nitrogens with zero attached hydrogens (tertiary/aromatic N) is 2. The van der Waals surface area contributed by atoms with Crippen LogP contribution >= 0.6 is 24.0 Å². The number of rotatable bonds is 3. The summed E-state index contributed by atoms with van der Waals surface area (Å²) in [6.45, 7) is 0. The maximum atomic E-state index is 12.7. The molecule has 3 rings (SSSR count). The van der Waals surface area contributed by atoms with E-state index in [0.717, 1.165) is 37.3 Å². The van der Waals surface area contributed by atoms with Gasteiger partial charge in [-0.25, -0.2) is 4.99 Å². The predicted molar refractivity (Wildman–Crippen MR) is 95.0 cm³/mol. The van der Waals surface area contributed by atoms with Crippen molar-refractivity contribution in [1.29, 1.82) is 0 Å². The molecule has 0 radical (unpaired) electrons. The summed E-state index contributed by atoms with van der Waals surface area (Å²) in [6.07, 6.45) is -0.440. The highest BCUT2D eigenvalue weighted by Crippen LogP contribution is 2.41. The van der Waals surface area contributed by atoms with Crippen molar-refractivity contribution in [3.8, 4) is 0 Å². The first-order valence-electron chi connectivity index (χ1n) is 7.58. The molecule has 7 heteroatoms. The number of nitrogens with two attached hydrogens (primary N) is 1. The zero-order valence-corrected chi connectivity index (χ0v) is 15.2. The molecule has 0 heterocycles. The minimum atomic E-state index is -4.28. The predicted octanol–water partition coefficient (Wildman–Crippen LogP) is 3.98. The van der Waals surface area contributed by atoms with Gasteiger partial charge in [-0.05, 0) is 43.2 Å². The van der Waals surface area contributed by atoms with Crippen LogP contribution in [0.3, 0.4) is 0 Å². The zero-order chi connectivity index (χ0) is 15.9. The highest BCUT2D eigenvalue weighted by molar-refractivity contribution is 14.0. The lowest BCUT2D eigenvalue weighted by Crippen LogP contribution is -2.38. The molecule has 1 aromatic carbocycles. The van der Waals surface area contributed by atoms with Gasteiger partial charge in [0.25, 0.3) is 0 Å². The molecule has 0 bridgehead atoms. The fourth-order valence-electron chi connectivity index (χ4n) is 2.86. The van der Waals surface area contributed by atoms with Gasteiger partial charge in [-0.1, -0.05) is 18.2 Å². The molecule has 3 nitrogen and oxygen atoms in total. The second kappa shape index (κ2) is 6.86. The summed E-state index contributed by atoms with van der Waals surface area (Å²) in [7, 11) is 1.94. The highest BCUT2D eigenvalue weighted by Gasteiger charge is 2.35. The third-order valence-corrected chi connectivity index (χ3v) is 4.57. The number of aliphatic imine (C=N–C) groups is 1. The highest BCUT2D eigenvalue weighted by atomic mass is 127. The van der Waals surface area contributed by atoms with Gasteiger partial charge >= 0.3 is 6.18 Å². The van der Waals surface area contributed by atoms with E-state index in [1.807, 2.05) is 11.9 Å². The van der Waals surface area contributed by atoms with E-state index in [0.29, 0.717) is 12.0 Å². The normalized spacial score (nSPS) is 24.6. The van der Waals surface area contributed by atoms with E-state index in [1.54, 1.807) is 6.07 Å². The summed E-state index contributed by atoms with van der Waals surface area (Å²) in [5.41, 5.74) is 6.13. The molecule has 2 fully saturated rings. The van der Waals surface area contributed by atoms with Gasteiger partial charge in [-0.15, -0.1) is 24.0 Å². The van der Waals surface area contributed by atoms with E-state index < -0.39 is 11.7 Å². The molecule has 0 aromatic heterocycles. The molecule has 2 saturated carbocycles. The van der Waals surface area contributed by atoms with Gasteiger partial charge in [0.2, 0.25) is 0 Å². The van der Waals surface area contributed by atoms with Crippen LogP contribution in [0.1, 0.15) is 42.7 Å². The van der Waals surface area contributed by atoms with Crippen molar-refractivity contribution in [3.05, 3.63) is 35.4 Å². The Labute approximate surface area is 151 Å². The van der Waals surface area contributed by atoms with Gasteiger partial charge in [0.15, 0.2) is 5.96 Å². The average Bonchev–Trinajstić information content (AvgIpc) is 3.25. The molecule has 2 aliphatic rings. The number of halogens is 4. The standard InChI is InChI=1S/C16H20F3N3.HI/c1-22(14-5-6-14)15(20)21-13-8-11(9-13)10-3-2-4-12(7-10)16(17,18)19;/h2-4,7,11,13-14H,5-6,8-9H2,1H3,(H2,20,21);1H.